The molecule has 17 heavy (non-hydrogen) atoms. The smallest absolute Gasteiger partial charge is 0.142 e. The molecular weight excluding hydrogens is 212 g/mol. The van der Waals surface area contributed by atoms with Crippen molar-refractivity contribution in [2.45, 2.75) is 5.60 Å². The van der Waals surface area contributed by atoms with E-state index in [2.05, 4.69) is 48.5 Å². The second-order valence-corrected chi connectivity index (χ2v) is 3.85. The molecule has 2 aromatic rings. The van der Waals surface area contributed by atoms with E-state index in [4.69, 9.17) is 9.84 Å². The van der Waals surface area contributed by atoms with Gasteiger partial charge in [0.05, 0.1) is 6.61 Å². The Hall–Kier alpha value is -1.64. The number of hydrogen-bond donors (Lipinski definition) is 1. The van der Waals surface area contributed by atoms with E-state index in [0.29, 0.717) is 0 Å². The molecule has 0 atom stereocenters. The summed E-state index contributed by atoms with van der Waals surface area (Å²) in [4.78, 5) is 0. The van der Waals surface area contributed by atoms with Crippen molar-refractivity contribution in [1.82, 2.24) is 0 Å². The van der Waals surface area contributed by atoms with E-state index >= 15 is 0 Å². The quantitative estimate of drug-likeness (QED) is 0.801. The van der Waals surface area contributed by atoms with Gasteiger partial charge in [-0.25, -0.2) is 0 Å². The van der Waals surface area contributed by atoms with Gasteiger partial charge in [-0.3, -0.25) is 0 Å². The molecule has 0 aliphatic carbocycles. The monoisotopic (exact) mass is 228 g/mol. The van der Waals surface area contributed by atoms with Crippen molar-refractivity contribution in [1.29, 1.82) is 0 Å². The minimum Gasteiger partial charge on any atom is -0.400 e. The van der Waals surface area contributed by atoms with Crippen molar-refractivity contribution in [2.75, 3.05) is 13.7 Å². The molecule has 0 unspecified atom stereocenters. The average Bonchev–Trinajstić information content (AvgIpc) is 3.25. The Morgan fingerprint density at radius 1 is 0.824 bits per heavy atom. The predicted molar refractivity (Wildman–Crippen MR) is 67.8 cm³/mol. The van der Waals surface area contributed by atoms with Gasteiger partial charge in [0, 0.05) is 7.11 Å². The molecule has 88 valence electrons. The third-order valence-corrected chi connectivity index (χ3v) is 2.91. The number of benzene rings is 2. The van der Waals surface area contributed by atoms with E-state index < -0.39 is 0 Å². The number of ether oxygens (including phenoxy) is 1. The molecule has 2 aromatic carbocycles. The van der Waals surface area contributed by atoms with Gasteiger partial charge in [0.2, 0.25) is 0 Å². The van der Waals surface area contributed by atoms with Crippen molar-refractivity contribution in [3.05, 3.63) is 71.8 Å². The molecule has 0 bridgehead atoms. The van der Waals surface area contributed by atoms with E-state index in [1.807, 2.05) is 12.1 Å². The molecule has 1 aliphatic heterocycles. The standard InChI is InChI=1S/C14H12O.CH4O/c1-3-7-12(8-4-1)14(11-15-14)13-9-5-2-6-10-13;1-2/h1-10H,11H2;2H,1H3. The topological polar surface area (TPSA) is 32.8 Å². The average molecular weight is 228 g/mol. The maximum Gasteiger partial charge on any atom is 0.142 e. The van der Waals surface area contributed by atoms with Crippen molar-refractivity contribution in [3.63, 3.8) is 0 Å². The van der Waals surface area contributed by atoms with Gasteiger partial charge in [-0.2, -0.15) is 0 Å². The van der Waals surface area contributed by atoms with Crippen molar-refractivity contribution >= 4 is 0 Å². The first-order valence-corrected chi connectivity index (χ1v) is 5.61. The highest BCUT2D eigenvalue weighted by atomic mass is 16.6. The Morgan fingerprint density at radius 3 is 1.47 bits per heavy atom. The fourth-order valence-electron chi connectivity index (χ4n) is 1.99. The van der Waals surface area contributed by atoms with Crippen LogP contribution in [0, 0.1) is 0 Å². The van der Waals surface area contributed by atoms with Crippen LogP contribution in [-0.4, -0.2) is 18.8 Å². The highest BCUT2D eigenvalue weighted by molar-refractivity contribution is 5.40. The molecule has 2 nitrogen and oxygen atoms in total. The number of hydrogen-bond acceptors (Lipinski definition) is 2. The molecule has 1 saturated heterocycles. The Bertz CT molecular complexity index is 405. The van der Waals surface area contributed by atoms with E-state index in [9.17, 15) is 0 Å². The molecule has 2 heteroatoms. The fourth-order valence-corrected chi connectivity index (χ4v) is 1.99. The SMILES string of the molecule is CO.c1ccc(C2(c3ccccc3)CO2)cc1. The Morgan fingerprint density at radius 2 is 1.18 bits per heavy atom. The summed E-state index contributed by atoms with van der Waals surface area (Å²) in [6, 6.07) is 20.8. The van der Waals surface area contributed by atoms with Crippen LogP contribution in [0.5, 0.6) is 0 Å². The van der Waals surface area contributed by atoms with Crippen LogP contribution in [0.3, 0.4) is 0 Å². The summed E-state index contributed by atoms with van der Waals surface area (Å²) in [6.45, 7) is 0.793. The summed E-state index contributed by atoms with van der Waals surface area (Å²) in [5, 5.41) is 7.00. The van der Waals surface area contributed by atoms with Gasteiger partial charge in [-0.05, 0) is 11.1 Å². The Labute approximate surface area is 101 Å². The molecule has 1 N–H and O–H groups in total. The van der Waals surface area contributed by atoms with E-state index in [1.54, 1.807) is 0 Å². The zero-order chi connectivity index (χ0) is 12.1. The first-order valence-electron chi connectivity index (χ1n) is 5.61. The maximum atomic E-state index is 7.00. The number of aliphatic hydroxyl groups excluding tert-OH is 1. The second-order valence-electron chi connectivity index (χ2n) is 3.85. The summed E-state index contributed by atoms with van der Waals surface area (Å²) in [5.74, 6) is 0. The van der Waals surface area contributed by atoms with Crippen molar-refractivity contribution in [2.24, 2.45) is 0 Å². The molecule has 1 aliphatic rings. The van der Waals surface area contributed by atoms with Crippen LogP contribution in [0.15, 0.2) is 60.7 Å². The van der Waals surface area contributed by atoms with Gasteiger partial charge >= 0.3 is 0 Å². The molecule has 0 spiro atoms. The molecule has 3 rings (SSSR count). The van der Waals surface area contributed by atoms with Gasteiger partial charge in [-0.15, -0.1) is 0 Å². The van der Waals surface area contributed by atoms with Gasteiger partial charge in [0.25, 0.3) is 0 Å². The summed E-state index contributed by atoms with van der Waals surface area (Å²) < 4.78 is 5.67. The highest BCUT2D eigenvalue weighted by Gasteiger charge is 2.47. The minimum atomic E-state index is -0.164. The van der Waals surface area contributed by atoms with Gasteiger partial charge < -0.3 is 9.84 Å². The summed E-state index contributed by atoms with van der Waals surface area (Å²) in [5.41, 5.74) is 2.33. The maximum absolute atomic E-state index is 7.00. The van der Waals surface area contributed by atoms with Crippen molar-refractivity contribution < 1.29 is 9.84 Å². The first kappa shape index (κ1) is 11.8. The number of rotatable bonds is 2. The molecule has 1 heterocycles. The molecule has 0 aromatic heterocycles. The van der Waals surface area contributed by atoms with Crippen molar-refractivity contribution in [3.8, 4) is 0 Å². The van der Waals surface area contributed by atoms with E-state index in [0.717, 1.165) is 13.7 Å². The number of aliphatic hydroxyl groups is 1. The van der Waals surface area contributed by atoms with E-state index in [1.165, 1.54) is 11.1 Å². The summed E-state index contributed by atoms with van der Waals surface area (Å²) in [6.07, 6.45) is 0. The second kappa shape index (κ2) is 5.13. The zero-order valence-corrected chi connectivity index (χ0v) is 9.84. The normalized spacial score (nSPS) is 15.6. The molecule has 0 radical (unpaired) electrons. The third-order valence-electron chi connectivity index (χ3n) is 2.91. The van der Waals surface area contributed by atoms with Crippen LogP contribution in [0.2, 0.25) is 0 Å². The van der Waals surface area contributed by atoms with Crippen LogP contribution in [0.4, 0.5) is 0 Å². The van der Waals surface area contributed by atoms with Crippen LogP contribution < -0.4 is 0 Å². The zero-order valence-electron chi connectivity index (χ0n) is 9.84. The summed E-state index contributed by atoms with van der Waals surface area (Å²) >= 11 is 0. The lowest BCUT2D eigenvalue weighted by Crippen LogP contribution is -2.09. The first-order chi connectivity index (χ1) is 8.42. The lowest BCUT2D eigenvalue weighted by atomic mass is 9.92. The largest absolute Gasteiger partial charge is 0.400 e. The Kier molecular flexibility index (Phi) is 3.57. The van der Waals surface area contributed by atoms with Gasteiger partial charge in [0.1, 0.15) is 5.60 Å². The predicted octanol–water partition coefficient (Wildman–Crippen LogP) is 2.57. The van der Waals surface area contributed by atoms with Crippen LogP contribution >= 0.6 is 0 Å². The van der Waals surface area contributed by atoms with Crippen LogP contribution in [0.1, 0.15) is 11.1 Å². The van der Waals surface area contributed by atoms with Crippen LogP contribution in [-0.2, 0) is 10.3 Å². The molecule has 0 amide bonds. The molecule has 0 saturated carbocycles. The third kappa shape index (κ3) is 2.23. The molecular formula is C15H16O2. The number of epoxide rings is 1. The molecule has 1 fully saturated rings. The van der Waals surface area contributed by atoms with Crippen LogP contribution in [0.25, 0.3) is 0 Å². The Balaban J connectivity index is 0.000000514. The lowest BCUT2D eigenvalue weighted by molar-refractivity contribution is 0.349. The fraction of sp³-hybridized carbons (Fsp3) is 0.200. The highest BCUT2D eigenvalue weighted by Crippen LogP contribution is 2.44. The van der Waals surface area contributed by atoms with Gasteiger partial charge in [0.15, 0.2) is 0 Å². The minimum absolute atomic E-state index is 0.164. The lowest BCUT2D eigenvalue weighted by Gasteiger charge is -2.12. The summed E-state index contributed by atoms with van der Waals surface area (Å²) in [7, 11) is 1.00. The van der Waals surface area contributed by atoms with Gasteiger partial charge in [-0.1, -0.05) is 60.7 Å². The van der Waals surface area contributed by atoms with E-state index in [-0.39, 0.29) is 5.60 Å².